The molecule has 15 heavy (non-hydrogen) atoms. The maximum atomic E-state index is 11.3. The minimum atomic E-state index is -0.00583. The third kappa shape index (κ3) is 1.92. The number of benzene rings is 1. The predicted octanol–water partition coefficient (Wildman–Crippen LogP) is 2.93. The molecule has 0 fully saturated rings. The number of aromatic amines is 1. The molecule has 1 aromatic heterocycles. The van der Waals surface area contributed by atoms with Crippen LogP contribution in [-0.2, 0) is 0 Å². The normalized spacial score (nSPS) is 10.3. The van der Waals surface area contributed by atoms with Gasteiger partial charge in [-0.25, -0.2) is 0 Å². The highest BCUT2D eigenvalue weighted by atomic mass is 35.5. The van der Waals surface area contributed by atoms with E-state index in [0.717, 1.165) is 11.3 Å². The van der Waals surface area contributed by atoms with Crippen LogP contribution in [0.2, 0.25) is 5.02 Å². The number of aromatic nitrogens is 2. The highest BCUT2D eigenvalue weighted by Gasteiger charge is 2.10. The molecule has 0 saturated heterocycles. The van der Waals surface area contributed by atoms with Gasteiger partial charge in [0.2, 0.25) is 0 Å². The van der Waals surface area contributed by atoms with E-state index >= 15 is 0 Å². The molecule has 0 atom stereocenters. The van der Waals surface area contributed by atoms with Gasteiger partial charge < -0.3 is 0 Å². The molecule has 0 saturated carbocycles. The maximum absolute atomic E-state index is 11.3. The molecular weight excluding hydrogens is 212 g/mol. The van der Waals surface area contributed by atoms with Gasteiger partial charge in [-0.2, -0.15) is 5.10 Å². The van der Waals surface area contributed by atoms with E-state index in [9.17, 15) is 4.79 Å². The molecular formula is C11H9ClN2O. The van der Waals surface area contributed by atoms with Gasteiger partial charge in [-0.15, -0.1) is 0 Å². The Bertz CT molecular complexity index is 488. The number of carbonyl (C=O) groups is 1. The predicted molar refractivity (Wildman–Crippen MR) is 59.0 cm³/mol. The van der Waals surface area contributed by atoms with Crippen molar-refractivity contribution in [3.05, 3.63) is 41.0 Å². The average molecular weight is 221 g/mol. The summed E-state index contributed by atoms with van der Waals surface area (Å²) in [6.07, 6.45) is 1.53. The Balaban J connectivity index is 2.49. The molecule has 1 heterocycles. The van der Waals surface area contributed by atoms with Gasteiger partial charge in [-0.05, 0) is 19.1 Å². The fourth-order valence-corrected chi connectivity index (χ4v) is 1.52. The lowest BCUT2D eigenvalue weighted by Crippen LogP contribution is -1.92. The van der Waals surface area contributed by atoms with E-state index in [4.69, 9.17) is 11.6 Å². The Morgan fingerprint density at radius 1 is 1.33 bits per heavy atom. The first-order valence-corrected chi connectivity index (χ1v) is 4.86. The van der Waals surface area contributed by atoms with Crippen LogP contribution in [0.1, 0.15) is 17.3 Å². The quantitative estimate of drug-likeness (QED) is 0.791. The van der Waals surface area contributed by atoms with Gasteiger partial charge in [-0.3, -0.25) is 9.89 Å². The molecule has 0 unspecified atom stereocenters. The van der Waals surface area contributed by atoms with Gasteiger partial charge in [0.15, 0.2) is 5.78 Å². The molecule has 2 rings (SSSR count). The Kier molecular flexibility index (Phi) is 2.56. The van der Waals surface area contributed by atoms with Crippen molar-refractivity contribution in [2.24, 2.45) is 0 Å². The van der Waals surface area contributed by atoms with Crippen molar-refractivity contribution < 1.29 is 4.79 Å². The van der Waals surface area contributed by atoms with Crippen LogP contribution >= 0.6 is 11.6 Å². The second-order valence-electron chi connectivity index (χ2n) is 3.22. The van der Waals surface area contributed by atoms with Gasteiger partial charge in [0.05, 0.1) is 17.5 Å². The Morgan fingerprint density at radius 3 is 2.60 bits per heavy atom. The van der Waals surface area contributed by atoms with Crippen LogP contribution in [0.15, 0.2) is 30.5 Å². The van der Waals surface area contributed by atoms with Crippen molar-refractivity contribution in [2.45, 2.75) is 6.92 Å². The summed E-state index contributed by atoms with van der Waals surface area (Å²) in [6, 6.07) is 7.26. The van der Waals surface area contributed by atoms with Crippen molar-refractivity contribution in [3.8, 4) is 11.3 Å². The highest BCUT2D eigenvalue weighted by molar-refractivity contribution is 6.30. The average Bonchev–Trinajstić information content (AvgIpc) is 2.67. The number of ketones is 1. The molecule has 0 radical (unpaired) electrons. The smallest absolute Gasteiger partial charge is 0.163 e. The molecule has 0 amide bonds. The molecule has 2 aromatic rings. The number of carbonyl (C=O) groups excluding carboxylic acids is 1. The number of H-pyrrole nitrogens is 1. The van der Waals surface area contributed by atoms with Crippen LogP contribution < -0.4 is 0 Å². The first-order chi connectivity index (χ1) is 7.18. The van der Waals surface area contributed by atoms with Crippen LogP contribution in [0.4, 0.5) is 0 Å². The minimum Gasteiger partial charge on any atom is -0.294 e. The first kappa shape index (κ1) is 9.93. The summed E-state index contributed by atoms with van der Waals surface area (Å²) in [6.45, 7) is 1.52. The second kappa shape index (κ2) is 3.87. The van der Waals surface area contributed by atoms with Gasteiger partial charge in [0.25, 0.3) is 0 Å². The zero-order valence-electron chi connectivity index (χ0n) is 8.12. The van der Waals surface area contributed by atoms with Gasteiger partial charge >= 0.3 is 0 Å². The summed E-state index contributed by atoms with van der Waals surface area (Å²) in [5, 5.41) is 7.34. The molecule has 4 heteroatoms. The molecule has 0 bridgehead atoms. The Labute approximate surface area is 92.1 Å². The van der Waals surface area contributed by atoms with Crippen molar-refractivity contribution in [3.63, 3.8) is 0 Å². The van der Waals surface area contributed by atoms with Crippen LogP contribution in [0.3, 0.4) is 0 Å². The number of nitrogens with one attached hydrogen (secondary N) is 1. The molecule has 0 aliphatic heterocycles. The lowest BCUT2D eigenvalue weighted by molar-refractivity contribution is 0.101. The third-order valence-electron chi connectivity index (χ3n) is 2.15. The lowest BCUT2D eigenvalue weighted by atomic mass is 10.1. The summed E-state index contributed by atoms with van der Waals surface area (Å²) >= 11 is 5.78. The number of rotatable bonds is 2. The highest BCUT2D eigenvalue weighted by Crippen LogP contribution is 2.22. The topological polar surface area (TPSA) is 45.8 Å². The number of halogens is 1. The number of hydrogen-bond donors (Lipinski definition) is 1. The molecule has 0 aliphatic rings. The van der Waals surface area contributed by atoms with Crippen LogP contribution in [-0.4, -0.2) is 16.0 Å². The van der Waals surface area contributed by atoms with Gasteiger partial charge in [0, 0.05) is 10.6 Å². The number of hydrogen-bond acceptors (Lipinski definition) is 2. The van der Waals surface area contributed by atoms with Crippen molar-refractivity contribution >= 4 is 17.4 Å². The summed E-state index contributed by atoms with van der Waals surface area (Å²) in [5.41, 5.74) is 2.23. The molecule has 1 aromatic carbocycles. The Morgan fingerprint density at radius 2 is 2.00 bits per heavy atom. The summed E-state index contributed by atoms with van der Waals surface area (Å²) < 4.78 is 0. The summed E-state index contributed by atoms with van der Waals surface area (Å²) in [4.78, 5) is 11.3. The van der Waals surface area contributed by atoms with Gasteiger partial charge in [0.1, 0.15) is 0 Å². The van der Waals surface area contributed by atoms with Crippen molar-refractivity contribution in [1.82, 2.24) is 10.2 Å². The summed E-state index contributed by atoms with van der Waals surface area (Å²) in [7, 11) is 0. The summed E-state index contributed by atoms with van der Waals surface area (Å²) in [5.74, 6) is -0.00583. The van der Waals surface area contributed by atoms with Crippen LogP contribution in [0.25, 0.3) is 11.3 Å². The Hall–Kier alpha value is -1.61. The van der Waals surface area contributed by atoms with Crippen molar-refractivity contribution in [2.75, 3.05) is 0 Å². The largest absolute Gasteiger partial charge is 0.294 e. The molecule has 0 spiro atoms. The van der Waals surface area contributed by atoms with Gasteiger partial charge in [-0.1, -0.05) is 23.7 Å². The van der Waals surface area contributed by atoms with E-state index in [1.165, 1.54) is 13.1 Å². The van der Waals surface area contributed by atoms with E-state index in [2.05, 4.69) is 10.2 Å². The fourth-order valence-electron chi connectivity index (χ4n) is 1.39. The van der Waals surface area contributed by atoms with E-state index in [0.29, 0.717) is 10.6 Å². The zero-order valence-corrected chi connectivity index (χ0v) is 8.88. The zero-order chi connectivity index (χ0) is 10.8. The number of nitrogens with zero attached hydrogens (tertiary/aromatic N) is 1. The molecule has 76 valence electrons. The molecule has 0 aliphatic carbocycles. The van der Waals surface area contributed by atoms with Crippen molar-refractivity contribution in [1.29, 1.82) is 0 Å². The fraction of sp³-hybridized carbons (Fsp3) is 0.0909. The third-order valence-corrected chi connectivity index (χ3v) is 2.40. The minimum absolute atomic E-state index is 0.00583. The van der Waals surface area contributed by atoms with E-state index in [-0.39, 0.29) is 5.78 Å². The standard InChI is InChI=1S/C11H9ClN2O/c1-7(15)10-6-13-14-11(10)8-2-4-9(12)5-3-8/h2-6H,1H3,(H,13,14). The van der Waals surface area contributed by atoms with Crippen LogP contribution in [0, 0.1) is 0 Å². The monoisotopic (exact) mass is 220 g/mol. The van der Waals surface area contributed by atoms with E-state index < -0.39 is 0 Å². The molecule has 3 nitrogen and oxygen atoms in total. The molecule has 1 N–H and O–H groups in total. The SMILES string of the molecule is CC(=O)c1cn[nH]c1-c1ccc(Cl)cc1. The van der Waals surface area contributed by atoms with Crippen LogP contribution in [0.5, 0.6) is 0 Å². The lowest BCUT2D eigenvalue weighted by Gasteiger charge is -2.00. The second-order valence-corrected chi connectivity index (χ2v) is 3.66. The number of Topliss-reactive ketones (excluding diaryl/α,β-unsaturated/α-hetero) is 1. The van der Waals surface area contributed by atoms with E-state index in [1.807, 2.05) is 12.1 Å². The first-order valence-electron chi connectivity index (χ1n) is 4.48. The van der Waals surface area contributed by atoms with E-state index in [1.54, 1.807) is 12.1 Å². The maximum Gasteiger partial charge on any atom is 0.163 e.